The summed E-state index contributed by atoms with van der Waals surface area (Å²) in [5.74, 6) is -0.0485. The molecule has 1 amide bonds. The van der Waals surface area contributed by atoms with Crippen LogP contribution < -0.4 is 0 Å². The molecule has 0 aliphatic carbocycles. The maximum Gasteiger partial charge on any atom is 0.246 e. The lowest BCUT2D eigenvalue weighted by atomic mass is 10.1. The van der Waals surface area contributed by atoms with Crippen LogP contribution in [-0.4, -0.2) is 40.1 Å². The Labute approximate surface area is 101 Å². The number of amides is 1. The summed E-state index contributed by atoms with van der Waals surface area (Å²) >= 11 is 0. The molecule has 1 atom stereocenters. The van der Waals surface area contributed by atoms with Crippen molar-refractivity contribution in [1.82, 2.24) is 9.88 Å². The minimum atomic E-state index is -0.375. The van der Waals surface area contributed by atoms with E-state index < -0.39 is 0 Å². The Bertz CT molecular complexity index is 403. The maximum atomic E-state index is 11.8. The van der Waals surface area contributed by atoms with Crippen LogP contribution in [0.15, 0.2) is 30.6 Å². The molecule has 0 radical (unpaired) electrons. The summed E-state index contributed by atoms with van der Waals surface area (Å²) < 4.78 is 0. The summed E-state index contributed by atoms with van der Waals surface area (Å²) in [6, 6.07) is 3.72. The number of hydrogen-bond acceptors (Lipinski definition) is 3. The molecule has 17 heavy (non-hydrogen) atoms. The monoisotopic (exact) mass is 232 g/mol. The van der Waals surface area contributed by atoms with Gasteiger partial charge in [-0.25, -0.2) is 0 Å². The Kier molecular flexibility index (Phi) is 3.88. The minimum absolute atomic E-state index is 0.0485. The van der Waals surface area contributed by atoms with Crippen LogP contribution in [0.4, 0.5) is 0 Å². The molecule has 4 nitrogen and oxygen atoms in total. The molecule has 0 bridgehead atoms. The Hall–Kier alpha value is -1.68. The molecule has 0 spiro atoms. The van der Waals surface area contributed by atoms with Gasteiger partial charge in [0.1, 0.15) is 0 Å². The van der Waals surface area contributed by atoms with Crippen molar-refractivity contribution in [3.63, 3.8) is 0 Å². The van der Waals surface area contributed by atoms with E-state index in [4.69, 9.17) is 0 Å². The van der Waals surface area contributed by atoms with Gasteiger partial charge in [0.05, 0.1) is 6.10 Å². The largest absolute Gasteiger partial charge is 0.391 e. The molecule has 0 unspecified atom stereocenters. The van der Waals surface area contributed by atoms with Crippen molar-refractivity contribution in [2.75, 3.05) is 13.1 Å². The Morgan fingerprint density at radius 3 is 3.18 bits per heavy atom. The van der Waals surface area contributed by atoms with Gasteiger partial charge in [-0.05, 0) is 30.5 Å². The van der Waals surface area contributed by atoms with E-state index in [1.807, 2.05) is 12.1 Å². The molecule has 1 aliphatic heterocycles. The van der Waals surface area contributed by atoms with Crippen molar-refractivity contribution < 1.29 is 9.90 Å². The smallest absolute Gasteiger partial charge is 0.246 e. The van der Waals surface area contributed by atoms with Crippen LogP contribution >= 0.6 is 0 Å². The number of nitrogens with zero attached hydrogens (tertiary/aromatic N) is 2. The highest BCUT2D eigenvalue weighted by atomic mass is 16.3. The molecular formula is C13H16N2O2. The lowest BCUT2D eigenvalue weighted by Crippen LogP contribution is -2.41. The average molecular weight is 232 g/mol. The van der Waals surface area contributed by atoms with Gasteiger partial charge in [-0.1, -0.05) is 6.07 Å². The molecule has 4 heteroatoms. The first-order chi connectivity index (χ1) is 8.25. The lowest BCUT2D eigenvalue weighted by molar-refractivity contribution is -0.128. The van der Waals surface area contributed by atoms with E-state index in [2.05, 4.69) is 4.98 Å². The first-order valence-corrected chi connectivity index (χ1v) is 5.81. The molecule has 1 aliphatic rings. The number of carbonyl (C=O) groups is 1. The van der Waals surface area contributed by atoms with Crippen molar-refractivity contribution in [2.24, 2.45) is 0 Å². The van der Waals surface area contributed by atoms with Gasteiger partial charge in [0, 0.05) is 31.6 Å². The Morgan fingerprint density at radius 2 is 2.47 bits per heavy atom. The van der Waals surface area contributed by atoms with Crippen molar-refractivity contribution in [3.8, 4) is 0 Å². The second kappa shape index (κ2) is 5.59. The molecule has 0 saturated carbocycles. The third-order valence-corrected chi connectivity index (χ3v) is 2.81. The van der Waals surface area contributed by atoms with Gasteiger partial charge >= 0.3 is 0 Å². The molecule has 2 heterocycles. The fraction of sp³-hybridized carbons (Fsp3) is 0.385. The van der Waals surface area contributed by atoms with Crippen LogP contribution in [-0.2, 0) is 4.79 Å². The topological polar surface area (TPSA) is 53.4 Å². The van der Waals surface area contributed by atoms with Crippen LogP contribution in [0.3, 0.4) is 0 Å². The van der Waals surface area contributed by atoms with Crippen molar-refractivity contribution in [1.29, 1.82) is 0 Å². The molecule has 2 rings (SSSR count). The third-order valence-electron chi connectivity index (χ3n) is 2.81. The SMILES string of the molecule is O=C(/C=C/c1cccnc1)N1CCC[C@@H](O)C1. The highest BCUT2D eigenvalue weighted by Crippen LogP contribution is 2.10. The molecule has 90 valence electrons. The van der Waals surface area contributed by atoms with E-state index in [0.717, 1.165) is 24.9 Å². The molecule has 0 aromatic carbocycles. The number of aliphatic hydroxyl groups excluding tert-OH is 1. The summed E-state index contributed by atoms with van der Waals surface area (Å²) in [5, 5.41) is 9.49. The first-order valence-electron chi connectivity index (χ1n) is 5.81. The quantitative estimate of drug-likeness (QED) is 0.776. The maximum absolute atomic E-state index is 11.8. The number of rotatable bonds is 2. The second-order valence-corrected chi connectivity index (χ2v) is 4.20. The van der Waals surface area contributed by atoms with Crippen LogP contribution in [0, 0.1) is 0 Å². The zero-order chi connectivity index (χ0) is 12.1. The molecule has 1 aromatic heterocycles. The summed E-state index contributed by atoms with van der Waals surface area (Å²) in [6.07, 6.45) is 7.96. The summed E-state index contributed by atoms with van der Waals surface area (Å²) in [7, 11) is 0. The predicted molar refractivity (Wildman–Crippen MR) is 65.1 cm³/mol. The number of β-amino-alcohol motifs (C(OH)–C–C–N with tert-alkyl or cyclic N) is 1. The van der Waals surface area contributed by atoms with Crippen molar-refractivity contribution >= 4 is 12.0 Å². The van der Waals surface area contributed by atoms with E-state index in [0.29, 0.717) is 6.54 Å². The normalized spacial score (nSPS) is 20.8. The van der Waals surface area contributed by atoms with Gasteiger partial charge in [0.2, 0.25) is 5.91 Å². The molecule has 1 saturated heterocycles. The predicted octanol–water partition coefficient (Wildman–Crippen LogP) is 1.08. The minimum Gasteiger partial charge on any atom is -0.391 e. The first kappa shape index (κ1) is 11.8. The highest BCUT2D eigenvalue weighted by Gasteiger charge is 2.20. The van der Waals surface area contributed by atoms with Crippen LogP contribution in [0.2, 0.25) is 0 Å². The number of piperidine rings is 1. The van der Waals surface area contributed by atoms with Crippen LogP contribution in [0.25, 0.3) is 6.08 Å². The number of likely N-dealkylation sites (tertiary alicyclic amines) is 1. The summed E-state index contributed by atoms with van der Waals surface area (Å²) in [6.45, 7) is 1.17. The van der Waals surface area contributed by atoms with E-state index in [1.165, 1.54) is 6.08 Å². The van der Waals surface area contributed by atoms with E-state index >= 15 is 0 Å². The standard InChI is InChI=1S/C13H16N2O2/c16-12-4-2-8-15(10-12)13(17)6-5-11-3-1-7-14-9-11/h1,3,5-7,9,12,16H,2,4,8,10H2/b6-5+/t12-/m1/s1. The van der Waals surface area contributed by atoms with Gasteiger partial charge in [0.25, 0.3) is 0 Å². The number of pyridine rings is 1. The second-order valence-electron chi connectivity index (χ2n) is 4.20. The Morgan fingerprint density at radius 1 is 1.59 bits per heavy atom. The van der Waals surface area contributed by atoms with E-state index in [-0.39, 0.29) is 12.0 Å². The van der Waals surface area contributed by atoms with Gasteiger partial charge in [-0.15, -0.1) is 0 Å². The van der Waals surface area contributed by atoms with Crippen LogP contribution in [0.1, 0.15) is 18.4 Å². The van der Waals surface area contributed by atoms with E-state index in [1.54, 1.807) is 23.4 Å². The van der Waals surface area contributed by atoms with Gasteiger partial charge in [-0.2, -0.15) is 0 Å². The number of carbonyl (C=O) groups excluding carboxylic acids is 1. The van der Waals surface area contributed by atoms with Gasteiger partial charge < -0.3 is 10.0 Å². The average Bonchev–Trinajstić information content (AvgIpc) is 2.37. The lowest BCUT2D eigenvalue weighted by Gasteiger charge is -2.29. The van der Waals surface area contributed by atoms with Crippen molar-refractivity contribution in [2.45, 2.75) is 18.9 Å². The molecular weight excluding hydrogens is 216 g/mol. The summed E-state index contributed by atoms with van der Waals surface area (Å²) in [5.41, 5.74) is 0.901. The van der Waals surface area contributed by atoms with Crippen LogP contribution in [0.5, 0.6) is 0 Å². The molecule has 1 N–H and O–H groups in total. The Balaban J connectivity index is 1.94. The van der Waals surface area contributed by atoms with Gasteiger partial charge in [0.15, 0.2) is 0 Å². The molecule has 1 fully saturated rings. The number of aromatic nitrogens is 1. The van der Waals surface area contributed by atoms with E-state index in [9.17, 15) is 9.90 Å². The summed E-state index contributed by atoms with van der Waals surface area (Å²) in [4.78, 5) is 17.5. The number of hydrogen-bond donors (Lipinski definition) is 1. The third kappa shape index (κ3) is 3.39. The number of aliphatic hydroxyl groups is 1. The van der Waals surface area contributed by atoms with Gasteiger partial charge in [-0.3, -0.25) is 9.78 Å². The fourth-order valence-electron chi connectivity index (χ4n) is 1.90. The molecule has 1 aromatic rings. The highest BCUT2D eigenvalue weighted by molar-refractivity contribution is 5.91. The zero-order valence-corrected chi connectivity index (χ0v) is 9.62. The zero-order valence-electron chi connectivity index (χ0n) is 9.62. The fourth-order valence-corrected chi connectivity index (χ4v) is 1.90. The van der Waals surface area contributed by atoms with Crippen molar-refractivity contribution in [3.05, 3.63) is 36.2 Å².